The topological polar surface area (TPSA) is 45.5 Å². The number of furan rings is 1. The minimum absolute atomic E-state index is 0. The van der Waals surface area contributed by atoms with Crippen LogP contribution in [0.1, 0.15) is 28.8 Å². The lowest BCUT2D eigenvalue weighted by Crippen LogP contribution is -2.44. The van der Waals surface area contributed by atoms with E-state index in [1.165, 1.54) is 12.5 Å². The van der Waals surface area contributed by atoms with Gasteiger partial charge in [-0.25, -0.2) is 0 Å². The van der Waals surface area contributed by atoms with E-state index < -0.39 is 0 Å². The summed E-state index contributed by atoms with van der Waals surface area (Å²) in [7, 11) is 0. The number of likely N-dealkylation sites (tertiary alicyclic amines) is 1. The number of nitrogens with zero attached hydrogens (tertiary/aromatic N) is 1. The van der Waals surface area contributed by atoms with E-state index in [2.05, 4.69) is 5.32 Å². The maximum Gasteiger partial charge on any atom is 0.257 e. The first kappa shape index (κ1) is 17.9. The fraction of sp³-hybridized carbons (Fsp3) is 0.353. The number of carbonyl (C=O) groups is 1. The van der Waals surface area contributed by atoms with Crippen LogP contribution in [0.5, 0.6) is 0 Å². The number of amides is 1. The van der Waals surface area contributed by atoms with Gasteiger partial charge in [0.15, 0.2) is 0 Å². The Bertz CT molecular complexity index is 623. The Morgan fingerprint density at radius 3 is 2.65 bits per heavy atom. The fourth-order valence-electron chi connectivity index (χ4n) is 2.75. The van der Waals surface area contributed by atoms with Crippen LogP contribution < -0.4 is 5.32 Å². The molecule has 0 saturated carbocycles. The number of nitrogens with one attached hydrogen (secondary N) is 1. The highest BCUT2D eigenvalue weighted by Gasteiger charge is 2.23. The van der Waals surface area contributed by atoms with Gasteiger partial charge in [-0.3, -0.25) is 4.79 Å². The Morgan fingerprint density at radius 2 is 2.00 bits per heavy atom. The smallest absolute Gasteiger partial charge is 0.257 e. The third-order valence-corrected chi connectivity index (χ3v) is 4.46. The molecule has 1 saturated heterocycles. The van der Waals surface area contributed by atoms with E-state index in [1.54, 1.807) is 6.07 Å². The zero-order valence-electron chi connectivity index (χ0n) is 12.7. The van der Waals surface area contributed by atoms with Gasteiger partial charge in [-0.05, 0) is 30.5 Å². The lowest BCUT2D eigenvalue weighted by Gasteiger charge is -2.32. The Labute approximate surface area is 147 Å². The molecule has 1 N–H and O–H groups in total. The number of hydrogen-bond acceptors (Lipinski definition) is 3. The van der Waals surface area contributed by atoms with Crippen molar-refractivity contribution < 1.29 is 9.21 Å². The molecule has 1 aromatic carbocycles. The summed E-state index contributed by atoms with van der Waals surface area (Å²) in [6.07, 6.45) is 4.94. The number of halogens is 2. The highest BCUT2D eigenvalue weighted by molar-refractivity contribution is 6.31. The van der Waals surface area contributed by atoms with Crippen molar-refractivity contribution in [1.82, 2.24) is 10.2 Å². The van der Waals surface area contributed by atoms with Crippen molar-refractivity contribution in [2.45, 2.75) is 25.4 Å². The maximum absolute atomic E-state index is 12.2. The standard InChI is InChI=1S/C17H19ClN2O2.ClH/c18-16-4-2-1-3-13(16)11-19-15-5-8-20(9-6-15)17(21)14-7-10-22-12-14;/h1-4,7,10,12,15,19H,5-6,8-9,11H2;1H. The SMILES string of the molecule is Cl.O=C(c1ccoc1)N1CCC(NCc2ccccc2Cl)CC1. The molecule has 0 spiro atoms. The van der Waals surface area contributed by atoms with Crippen molar-refractivity contribution in [2.75, 3.05) is 13.1 Å². The van der Waals surface area contributed by atoms with Gasteiger partial charge in [0.05, 0.1) is 11.8 Å². The molecule has 2 aromatic rings. The lowest BCUT2D eigenvalue weighted by atomic mass is 10.0. The molecule has 2 heterocycles. The third kappa shape index (κ3) is 4.50. The normalized spacial score (nSPS) is 15.3. The van der Waals surface area contributed by atoms with Crippen LogP contribution in [0.25, 0.3) is 0 Å². The van der Waals surface area contributed by atoms with E-state index in [4.69, 9.17) is 16.0 Å². The van der Waals surface area contributed by atoms with Crippen molar-refractivity contribution in [2.24, 2.45) is 0 Å². The Morgan fingerprint density at radius 1 is 1.26 bits per heavy atom. The predicted octanol–water partition coefficient (Wildman–Crippen LogP) is 3.75. The molecule has 1 fully saturated rings. The third-order valence-electron chi connectivity index (χ3n) is 4.09. The molecule has 0 unspecified atom stereocenters. The van der Waals surface area contributed by atoms with Gasteiger partial charge in [0.1, 0.15) is 6.26 Å². The zero-order valence-corrected chi connectivity index (χ0v) is 14.3. The number of carbonyl (C=O) groups excluding carboxylic acids is 1. The van der Waals surface area contributed by atoms with Crippen molar-refractivity contribution in [3.05, 3.63) is 59.0 Å². The van der Waals surface area contributed by atoms with Gasteiger partial charge in [-0.15, -0.1) is 12.4 Å². The quantitative estimate of drug-likeness (QED) is 0.909. The summed E-state index contributed by atoms with van der Waals surface area (Å²) in [5.74, 6) is 0.0540. The minimum atomic E-state index is 0. The van der Waals surface area contributed by atoms with E-state index in [-0.39, 0.29) is 18.3 Å². The van der Waals surface area contributed by atoms with Crippen LogP contribution in [0.2, 0.25) is 5.02 Å². The molecule has 6 heteroatoms. The van der Waals surface area contributed by atoms with Crippen LogP contribution in [0.3, 0.4) is 0 Å². The summed E-state index contributed by atoms with van der Waals surface area (Å²) < 4.78 is 4.97. The second-order valence-electron chi connectivity index (χ2n) is 5.55. The van der Waals surface area contributed by atoms with Crippen LogP contribution in [0.15, 0.2) is 47.3 Å². The van der Waals surface area contributed by atoms with E-state index in [9.17, 15) is 4.79 Å². The first-order valence-corrected chi connectivity index (χ1v) is 7.90. The molecule has 3 rings (SSSR count). The van der Waals surface area contributed by atoms with E-state index >= 15 is 0 Å². The summed E-state index contributed by atoms with van der Waals surface area (Å²) in [5.41, 5.74) is 1.74. The molecule has 1 amide bonds. The highest BCUT2D eigenvalue weighted by atomic mass is 35.5. The second-order valence-corrected chi connectivity index (χ2v) is 5.96. The van der Waals surface area contributed by atoms with Crippen LogP contribution >= 0.6 is 24.0 Å². The van der Waals surface area contributed by atoms with Crippen molar-refractivity contribution in [1.29, 1.82) is 0 Å². The van der Waals surface area contributed by atoms with Crippen LogP contribution in [-0.4, -0.2) is 29.9 Å². The Hall–Kier alpha value is -1.49. The second kappa shape index (κ2) is 8.39. The Kier molecular flexibility index (Phi) is 6.51. The average Bonchev–Trinajstić information content (AvgIpc) is 3.08. The van der Waals surface area contributed by atoms with E-state index in [0.717, 1.165) is 43.1 Å². The van der Waals surface area contributed by atoms with Crippen LogP contribution in [-0.2, 0) is 6.54 Å². The van der Waals surface area contributed by atoms with Crippen LogP contribution in [0.4, 0.5) is 0 Å². The Balaban J connectivity index is 0.00000192. The van der Waals surface area contributed by atoms with Crippen LogP contribution in [0, 0.1) is 0 Å². The van der Waals surface area contributed by atoms with Crippen molar-refractivity contribution in [3.8, 4) is 0 Å². The molecule has 0 radical (unpaired) electrons. The molecule has 0 bridgehead atoms. The molecule has 23 heavy (non-hydrogen) atoms. The first-order chi connectivity index (χ1) is 10.7. The molecule has 4 nitrogen and oxygen atoms in total. The first-order valence-electron chi connectivity index (χ1n) is 7.52. The highest BCUT2D eigenvalue weighted by Crippen LogP contribution is 2.17. The average molecular weight is 355 g/mol. The van der Waals surface area contributed by atoms with E-state index in [0.29, 0.717) is 11.6 Å². The van der Waals surface area contributed by atoms with Gasteiger partial charge in [0.2, 0.25) is 0 Å². The number of hydrogen-bond donors (Lipinski definition) is 1. The summed E-state index contributed by atoms with van der Waals surface area (Å²) in [4.78, 5) is 14.1. The molecule has 1 aliphatic rings. The van der Waals surface area contributed by atoms with Gasteiger partial charge in [0, 0.05) is 30.7 Å². The number of benzene rings is 1. The molecular formula is C17H20Cl2N2O2. The van der Waals surface area contributed by atoms with E-state index in [1.807, 2.05) is 29.2 Å². The van der Waals surface area contributed by atoms with Gasteiger partial charge in [-0.1, -0.05) is 29.8 Å². The zero-order chi connectivity index (χ0) is 15.4. The van der Waals surface area contributed by atoms with Gasteiger partial charge < -0.3 is 14.6 Å². The summed E-state index contributed by atoms with van der Waals surface area (Å²) in [5, 5.41) is 4.33. The number of piperidine rings is 1. The monoisotopic (exact) mass is 354 g/mol. The predicted molar refractivity (Wildman–Crippen MR) is 93.2 cm³/mol. The molecule has 0 aliphatic carbocycles. The van der Waals surface area contributed by atoms with Crippen molar-refractivity contribution in [3.63, 3.8) is 0 Å². The van der Waals surface area contributed by atoms with Gasteiger partial charge >= 0.3 is 0 Å². The fourth-order valence-corrected chi connectivity index (χ4v) is 2.95. The maximum atomic E-state index is 12.2. The van der Waals surface area contributed by atoms with Gasteiger partial charge in [-0.2, -0.15) is 0 Å². The van der Waals surface area contributed by atoms with Gasteiger partial charge in [0.25, 0.3) is 5.91 Å². The summed E-state index contributed by atoms with van der Waals surface area (Å²) in [6.45, 7) is 2.30. The van der Waals surface area contributed by atoms with Crippen molar-refractivity contribution >= 4 is 29.9 Å². The largest absolute Gasteiger partial charge is 0.472 e. The molecule has 1 aromatic heterocycles. The molecular weight excluding hydrogens is 335 g/mol. The molecule has 1 aliphatic heterocycles. The summed E-state index contributed by atoms with van der Waals surface area (Å²) in [6, 6.07) is 10.0. The molecule has 0 atom stereocenters. The minimum Gasteiger partial charge on any atom is -0.472 e. The number of rotatable bonds is 4. The lowest BCUT2D eigenvalue weighted by molar-refractivity contribution is 0.0704. The summed E-state index contributed by atoms with van der Waals surface area (Å²) >= 11 is 6.16. The molecule has 124 valence electrons.